The number of halogens is 1. The van der Waals surface area contributed by atoms with E-state index in [0.29, 0.717) is 19.5 Å². The summed E-state index contributed by atoms with van der Waals surface area (Å²) < 4.78 is 58.4. The second-order valence-electron chi connectivity index (χ2n) is 8.56. The predicted molar refractivity (Wildman–Crippen MR) is 132 cm³/mol. The number of benzene rings is 2. The minimum atomic E-state index is -4.00. The van der Waals surface area contributed by atoms with E-state index in [0.717, 1.165) is 11.1 Å². The molecule has 0 amide bonds. The van der Waals surface area contributed by atoms with Crippen LogP contribution in [0.1, 0.15) is 31.4 Å². The van der Waals surface area contributed by atoms with Crippen molar-refractivity contribution < 1.29 is 16.8 Å². The molecule has 1 aliphatic heterocycles. The molecule has 1 heterocycles. The minimum absolute atomic E-state index is 0.0676. The summed E-state index contributed by atoms with van der Waals surface area (Å²) in [5.74, 6) is -0.159. The fraction of sp³-hybridized carbons (Fsp3) is 0.435. The summed E-state index contributed by atoms with van der Waals surface area (Å²) in [6, 6.07) is 13.1. The van der Waals surface area contributed by atoms with Crippen molar-refractivity contribution >= 4 is 37.5 Å². The van der Waals surface area contributed by atoms with Crippen LogP contribution in [-0.2, 0) is 20.0 Å². The number of aryl methyl sites for hydroxylation is 2. The van der Waals surface area contributed by atoms with Crippen molar-refractivity contribution in [2.75, 3.05) is 19.0 Å². The third-order valence-corrected chi connectivity index (χ3v) is 9.05. The van der Waals surface area contributed by atoms with E-state index >= 15 is 0 Å². The Balaban J connectivity index is 2.02. The van der Waals surface area contributed by atoms with Crippen molar-refractivity contribution in [1.82, 2.24) is 9.21 Å². The maximum absolute atomic E-state index is 13.5. The second kappa shape index (κ2) is 10.1. The van der Waals surface area contributed by atoms with Gasteiger partial charge >= 0.3 is 0 Å². The van der Waals surface area contributed by atoms with Crippen LogP contribution < -0.4 is 0 Å². The lowest BCUT2D eigenvalue weighted by Gasteiger charge is -2.46. The first-order valence-electron chi connectivity index (χ1n) is 10.8. The van der Waals surface area contributed by atoms with Gasteiger partial charge in [0.25, 0.3) is 10.0 Å². The molecule has 1 fully saturated rings. The van der Waals surface area contributed by atoms with Crippen LogP contribution in [0.3, 0.4) is 0 Å². The molecule has 1 unspecified atom stereocenters. The predicted octanol–water partition coefficient (Wildman–Crippen LogP) is 4.01. The van der Waals surface area contributed by atoms with Gasteiger partial charge in [-0.05, 0) is 50.5 Å². The van der Waals surface area contributed by atoms with Crippen molar-refractivity contribution in [1.29, 1.82) is 0 Å². The Morgan fingerprint density at radius 2 is 1.45 bits per heavy atom. The molecule has 10 heteroatoms. The van der Waals surface area contributed by atoms with Crippen molar-refractivity contribution in [3.8, 4) is 0 Å². The summed E-state index contributed by atoms with van der Waals surface area (Å²) in [4.78, 5) is 1.99. The molecule has 2 aromatic rings. The van der Waals surface area contributed by atoms with Gasteiger partial charge in [-0.25, -0.2) is 8.42 Å². The number of nitrogens with zero attached hydrogens (tertiary/aromatic N) is 3. The Labute approximate surface area is 202 Å². The zero-order chi connectivity index (χ0) is 24.4. The van der Waals surface area contributed by atoms with Gasteiger partial charge in [-0.1, -0.05) is 49.2 Å². The van der Waals surface area contributed by atoms with Crippen LogP contribution in [0.25, 0.3) is 0 Å². The number of sulfonamides is 2. The molecule has 2 aromatic carbocycles. The number of amidine groups is 1. The molecule has 0 bridgehead atoms. The maximum atomic E-state index is 13.5. The smallest absolute Gasteiger partial charge is 0.283 e. The van der Waals surface area contributed by atoms with Crippen LogP contribution >= 0.6 is 11.6 Å². The monoisotopic (exact) mass is 511 g/mol. The van der Waals surface area contributed by atoms with Crippen LogP contribution in [0.15, 0.2) is 62.7 Å². The van der Waals surface area contributed by atoms with Gasteiger partial charge in [-0.15, -0.1) is 16.0 Å². The molecule has 180 valence electrons. The summed E-state index contributed by atoms with van der Waals surface area (Å²) in [5, 5.41) is 0. The highest BCUT2D eigenvalue weighted by Gasteiger charge is 2.41. The van der Waals surface area contributed by atoms with E-state index in [9.17, 15) is 16.8 Å². The topological polar surface area (TPSA) is 87.1 Å². The van der Waals surface area contributed by atoms with Crippen molar-refractivity contribution in [2.24, 2.45) is 10.3 Å². The van der Waals surface area contributed by atoms with Crippen molar-refractivity contribution in [3.63, 3.8) is 0 Å². The largest absolute Gasteiger partial charge is 0.341 e. The van der Waals surface area contributed by atoms with E-state index in [4.69, 9.17) is 11.6 Å². The van der Waals surface area contributed by atoms with Crippen LogP contribution in [0, 0.1) is 19.8 Å². The number of alkyl halides is 1. The lowest BCUT2D eigenvalue weighted by atomic mass is 10.1. The Morgan fingerprint density at radius 1 is 0.939 bits per heavy atom. The normalized spacial score (nSPS) is 18.7. The van der Waals surface area contributed by atoms with Gasteiger partial charge in [0.15, 0.2) is 0 Å². The van der Waals surface area contributed by atoms with Gasteiger partial charge < -0.3 is 4.90 Å². The number of hydrogen-bond donors (Lipinski definition) is 0. The summed E-state index contributed by atoms with van der Waals surface area (Å²) in [7, 11) is -7.81. The van der Waals surface area contributed by atoms with E-state index in [1.807, 2.05) is 27.7 Å². The first-order chi connectivity index (χ1) is 15.5. The van der Waals surface area contributed by atoms with Gasteiger partial charge in [0, 0.05) is 13.1 Å². The van der Waals surface area contributed by atoms with Crippen LogP contribution in [0.5, 0.6) is 0 Å². The Bertz CT molecular complexity index is 1210. The fourth-order valence-electron chi connectivity index (χ4n) is 3.95. The van der Waals surface area contributed by atoms with Gasteiger partial charge in [0.1, 0.15) is 5.84 Å². The molecule has 0 N–H and O–H groups in total. The standard InChI is InChI=1S/C23H30ClN3O4S2/c1-17(2)23-26(22(16-24)25-32(28,29)20-10-6-18(3)7-11-20)14-5-15-27(23)33(30,31)21-12-8-19(4)9-13-21/h6-13,17,23H,5,14-16H2,1-4H3/b25-22+. The Morgan fingerprint density at radius 3 is 1.94 bits per heavy atom. The van der Waals surface area contributed by atoms with Crippen LogP contribution in [0.2, 0.25) is 0 Å². The van der Waals surface area contributed by atoms with E-state index in [2.05, 4.69) is 4.40 Å². The number of hydrogen-bond acceptors (Lipinski definition) is 4. The Kier molecular flexibility index (Phi) is 7.88. The molecule has 0 aliphatic carbocycles. The maximum Gasteiger partial charge on any atom is 0.283 e. The molecular weight excluding hydrogens is 482 g/mol. The lowest BCUT2D eigenvalue weighted by Crippen LogP contribution is -2.60. The van der Waals surface area contributed by atoms with Crippen molar-refractivity contribution in [3.05, 3.63) is 59.7 Å². The molecule has 0 saturated carbocycles. The average Bonchev–Trinajstić information content (AvgIpc) is 2.77. The van der Waals surface area contributed by atoms with Crippen molar-refractivity contribution in [2.45, 2.75) is 50.1 Å². The second-order valence-corrected chi connectivity index (χ2v) is 12.3. The van der Waals surface area contributed by atoms with E-state index < -0.39 is 26.2 Å². The summed E-state index contributed by atoms with van der Waals surface area (Å²) in [6.45, 7) is 8.36. The lowest BCUT2D eigenvalue weighted by molar-refractivity contribution is 0.0841. The highest BCUT2D eigenvalue weighted by Crippen LogP contribution is 2.29. The molecular formula is C23H30ClN3O4S2. The summed E-state index contributed by atoms with van der Waals surface area (Å²) >= 11 is 6.18. The highest BCUT2D eigenvalue weighted by molar-refractivity contribution is 7.90. The molecule has 1 aliphatic rings. The quantitative estimate of drug-likeness (QED) is 0.332. The Hall–Kier alpha value is -1.94. The van der Waals surface area contributed by atoms with Crippen LogP contribution in [-0.4, -0.2) is 57.0 Å². The van der Waals surface area contributed by atoms with Crippen LogP contribution in [0.4, 0.5) is 0 Å². The average molecular weight is 512 g/mol. The van der Waals surface area contributed by atoms with Gasteiger partial charge in [-0.2, -0.15) is 12.7 Å². The zero-order valence-corrected chi connectivity index (χ0v) is 21.7. The molecule has 33 heavy (non-hydrogen) atoms. The molecule has 0 aromatic heterocycles. The molecule has 7 nitrogen and oxygen atoms in total. The molecule has 1 atom stereocenters. The zero-order valence-electron chi connectivity index (χ0n) is 19.3. The SMILES string of the molecule is Cc1ccc(S(=O)(=O)/N=C(\CCl)N2CCCN(S(=O)(=O)c3ccc(C)cc3)C2C(C)C)cc1. The van der Waals surface area contributed by atoms with Gasteiger partial charge in [0.05, 0.1) is 21.8 Å². The first kappa shape index (κ1) is 25.7. The van der Waals surface area contributed by atoms with E-state index in [1.54, 1.807) is 41.3 Å². The third-order valence-electron chi connectivity index (χ3n) is 5.61. The van der Waals surface area contributed by atoms with Gasteiger partial charge in [0.2, 0.25) is 10.0 Å². The van der Waals surface area contributed by atoms with E-state index in [1.165, 1.54) is 16.4 Å². The first-order valence-corrected chi connectivity index (χ1v) is 14.2. The third kappa shape index (κ3) is 5.59. The van der Waals surface area contributed by atoms with E-state index in [-0.39, 0.29) is 27.4 Å². The number of rotatable bonds is 6. The van der Waals surface area contributed by atoms with Gasteiger partial charge in [-0.3, -0.25) is 0 Å². The fourth-order valence-corrected chi connectivity index (χ4v) is 7.03. The minimum Gasteiger partial charge on any atom is -0.341 e. The summed E-state index contributed by atoms with van der Waals surface area (Å²) in [6.07, 6.45) is -0.0924. The molecule has 1 saturated heterocycles. The molecule has 0 radical (unpaired) electrons. The molecule has 0 spiro atoms. The highest BCUT2D eigenvalue weighted by atomic mass is 35.5. The molecule has 3 rings (SSSR count). The summed E-state index contributed by atoms with van der Waals surface area (Å²) in [5.41, 5.74) is 1.90.